The summed E-state index contributed by atoms with van der Waals surface area (Å²) in [6.45, 7) is 36.1. The summed E-state index contributed by atoms with van der Waals surface area (Å²) in [5, 5.41) is 0. The Morgan fingerprint density at radius 3 is 1.59 bits per heavy atom. The van der Waals surface area contributed by atoms with Crippen molar-refractivity contribution in [1.82, 2.24) is 0 Å². The number of rotatable bonds is 3. The van der Waals surface area contributed by atoms with Crippen LogP contribution in [0.5, 0.6) is 0 Å². The quantitative estimate of drug-likeness (QED) is 0.163. The molecule has 0 saturated carbocycles. The zero-order chi connectivity index (χ0) is 48.2. The van der Waals surface area contributed by atoms with Gasteiger partial charge in [0.2, 0.25) is 0 Å². The second-order valence-corrected chi connectivity index (χ2v) is 25.4. The second kappa shape index (κ2) is 14.6. The van der Waals surface area contributed by atoms with E-state index in [1.165, 1.54) is 118 Å². The molecule has 0 aromatic heterocycles. The van der Waals surface area contributed by atoms with Crippen molar-refractivity contribution in [3.05, 3.63) is 184 Å². The summed E-state index contributed by atoms with van der Waals surface area (Å²) in [4.78, 5) is 5.33. The molecule has 0 spiro atoms. The van der Waals surface area contributed by atoms with Crippen LogP contribution in [-0.2, 0) is 32.5 Å². The third-order valence-electron chi connectivity index (χ3n) is 17.1. The molecule has 2 nitrogen and oxygen atoms in total. The highest BCUT2D eigenvalue weighted by Crippen LogP contribution is 2.57. The minimum Gasteiger partial charge on any atom is -0.311 e. The molecule has 7 aromatic rings. The van der Waals surface area contributed by atoms with Crippen molar-refractivity contribution in [2.24, 2.45) is 0 Å². The molecule has 0 radical (unpaired) electrons. The Labute approximate surface area is 408 Å². The maximum Gasteiger partial charge on any atom is 0.252 e. The van der Waals surface area contributed by atoms with Crippen LogP contribution in [0.4, 0.5) is 34.1 Å². The van der Waals surface area contributed by atoms with Crippen molar-refractivity contribution < 1.29 is 0 Å². The first-order valence-electron chi connectivity index (χ1n) is 25.4. The van der Waals surface area contributed by atoms with E-state index in [0.29, 0.717) is 0 Å². The Hall–Kier alpha value is -5.80. The summed E-state index contributed by atoms with van der Waals surface area (Å²) in [5.41, 5.74) is 26.6. The highest BCUT2D eigenvalue weighted by Gasteiger charge is 2.49. The number of hydrogen-bond acceptors (Lipinski definition) is 2. The van der Waals surface area contributed by atoms with Crippen LogP contribution in [0.2, 0.25) is 0 Å². The van der Waals surface area contributed by atoms with Gasteiger partial charge in [0.15, 0.2) is 0 Å². The molecular formula is C65H71BN2. The van der Waals surface area contributed by atoms with E-state index in [9.17, 15) is 0 Å². The molecule has 0 bridgehead atoms. The Kier molecular flexibility index (Phi) is 9.61. The van der Waals surface area contributed by atoms with Crippen molar-refractivity contribution in [3.8, 4) is 11.1 Å². The molecule has 2 heterocycles. The van der Waals surface area contributed by atoms with E-state index in [-0.39, 0.29) is 39.2 Å². The Balaban J connectivity index is 1.30. The summed E-state index contributed by atoms with van der Waals surface area (Å²) in [5.74, 6) is 0. The van der Waals surface area contributed by atoms with Crippen molar-refractivity contribution in [1.29, 1.82) is 0 Å². The largest absolute Gasteiger partial charge is 0.311 e. The molecule has 0 unspecified atom stereocenters. The van der Waals surface area contributed by atoms with Crippen LogP contribution in [0.25, 0.3) is 11.1 Å². The monoisotopic (exact) mass is 891 g/mol. The zero-order valence-electron chi connectivity index (χ0n) is 43.6. The Bertz CT molecular complexity index is 3200. The molecule has 0 saturated heterocycles. The van der Waals surface area contributed by atoms with Gasteiger partial charge in [0.25, 0.3) is 6.71 Å². The van der Waals surface area contributed by atoms with Crippen LogP contribution in [-0.4, -0.2) is 6.71 Å². The summed E-state index contributed by atoms with van der Waals surface area (Å²) in [7, 11) is 0. The standard InChI is InChI=1S/C65H71BN2/c1-40-35-55-59-56(36-40)68(53-32-30-47-58(57(53)41-21-17-16-18-22-41)63(10,11)34-33-62(47,8)9)54-39-49-48(64(12,13)45-23-19-20-24-46(45)65(49,14)15)38-51(54)66(59)50-37-43(61(5,6)7)27-31-52(50)67(55)44-28-25-42(26-29-44)60(2,3)4/h16-32,35-39H,33-34H2,1-15H3. The highest BCUT2D eigenvalue weighted by atomic mass is 15.2. The summed E-state index contributed by atoms with van der Waals surface area (Å²) < 4.78 is 0. The van der Waals surface area contributed by atoms with E-state index in [0.717, 1.165) is 6.42 Å². The van der Waals surface area contributed by atoms with E-state index < -0.39 is 0 Å². The van der Waals surface area contributed by atoms with Gasteiger partial charge in [0.1, 0.15) is 0 Å². The fourth-order valence-corrected chi connectivity index (χ4v) is 13.0. The third-order valence-corrected chi connectivity index (χ3v) is 17.1. The van der Waals surface area contributed by atoms with Crippen molar-refractivity contribution in [3.63, 3.8) is 0 Å². The highest BCUT2D eigenvalue weighted by molar-refractivity contribution is 7.00. The Morgan fingerprint density at radius 1 is 0.441 bits per heavy atom. The third kappa shape index (κ3) is 6.50. The number of anilines is 6. The number of nitrogens with zero attached hydrogens (tertiary/aromatic N) is 2. The molecule has 0 amide bonds. The zero-order valence-corrected chi connectivity index (χ0v) is 43.6. The molecule has 4 aliphatic rings. The fraction of sp³-hybridized carbons (Fsp3) is 0.354. The normalized spacial score (nSPS) is 17.9. The molecule has 3 heteroatoms. The molecule has 0 fully saturated rings. The van der Waals surface area contributed by atoms with Crippen LogP contribution < -0.4 is 26.2 Å². The minimum atomic E-state index is -0.218. The summed E-state index contributed by atoms with van der Waals surface area (Å²) >= 11 is 0. The number of benzene rings is 7. The predicted molar refractivity (Wildman–Crippen MR) is 294 cm³/mol. The maximum atomic E-state index is 2.74. The summed E-state index contributed by atoms with van der Waals surface area (Å²) in [6, 6.07) is 52.8. The van der Waals surface area contributed by atoms with Gasteiger partial charge in [-0.3, -0.25) is 0 Å². The maximum absolute atomic E-state index is 2.74. The van der Waals surface area contributed by atoms with Gasteiger partial charge >= 0.3 is 0 Å². The lowest BCUT2D eigenvalue weighted by atomic mass is 9.33. The molecular weight excluding hydrogens is 820 g/mol. The lowest BCUT2D eigenvalue weighted by Gasteiger charge is -2.49. The smallest absolute Gasteiger partial charge is 0.252 e. The van der Waals surface area contributed by atoms with Gasteiger partial charge in [-0.15, -0.1) is 0 Å². The average Bonchev–Trinajstić information content (AvgIpc) is 3.28. The molecule has 68 heavy (non-hydrogen) atoms. The number of aryl methyl sites for hydroxylation is 1. The topological polar surface area (TPSA) is 6.48 Å². The minimum absolute atomic E-state index is 0.00353. The van der Waals surface area contributed by atoms with E-state index in [4.69, 9.17) is 0 Å². The lowest BCUT2D eigenvalue weighted by Crippen LogP contribution is -2.62. The van der Waals surface area contributed by atoms with Gasteiger partial charge in [-0.2, -0.15) is 0 Å². The van der Waals surface area contributed by atoms with Crippen LogP contribution in [0.1, 0.15) is 160 Å². The molecule has 7 aromatic carbocycles. The van der Waals surface area contributed by atoms with Gasteiger partial charge in [-0.25, -0.2) is 0 Å². The van der Waals surface area contributed by atoms with Crippen molar-refractivity contribution in [2.75, 3.05) is 9.80 Å². The first kappa shape index (κ1) is 44.7. The van der Waals surface area contributed by atoms with Crippen LogP contribution in [0.3, 0.4) is 0 Å². The van der Waals surface area contributed by atoms with Gasteiger partial charge in [0.05, 0.1) is 5.69 Å². The van der Waals surface area contributed by atoms with Gasteiger partial charge in [0, 0.05) is 44.8 Å². The molecule has 344 valence electrons. The molecule has 2 aliphatic carbocycles. The van der Waals surface area contributed by atoms with Gasteiger partial charge in [-0.05, 0) is 156 Å². The second-order valence-electron chi connectivity index (χ2n) is 25.4. The van der Waals surface area contributed by atoms with E-state index in [2.05, 4.69) is 247 Å². The fourth-order valence-electron chi connectivity index (χ4n) is 13.0. The molecule has 2 aliphatic heterocycles. The summed E-state index contributed by atoms with van der Waals surface area (Å²) in [6.07, 6.45) is 2.31. The number of fused-ring (bicyclic) bond motifs is 7. The first-order chi connectivity index (χ1) is 31.9. The predicted octanol–water partition coefficient (Wildman–Crippen LogP) is 15.7. The molecule has 11 rings (SSSR count). The van der Waals surface area contributed by atoms with E-state index in [1.807, 2.05) is 0 Å². The van der Waals surface area contributed by atoms with Crippen molar-refractivity contribution in [2.45, 2.75) is 149 Å². The van der Waals surface area contributed by atoms with Crippen LogP contribution in [0, 0.1) is 6.92 Å². The molecule has 0 N–H and O–H groups in total. The SMILES string of the molecule is Cc1cc2c3c(c1)N(c1ccc4c(c1-c1ccccc1)C(C)(C)CCC4(C)C)c1cc4c(cc1B3c1cc(C(C)(C)C)ccc1N2c1ccc(C(C)(C)C)cc1)C(C)(C)c1ccccc1C4(C)C. The van der Waals surface area contributed by atoms with Crippen LogP contribution in [0.15, 0.2) is 133 Å². The van der Waals surface area contributed by atoms with Crippen LogP contribution >= 0.6 is 0 Å². The van der Waals surface area contributed by atoms with Gasteiger partial charge in [-0.1, -0.05) is 188 Å². The van der Waals surface area contributed by atoms with E-state index in [1.54, 1.807) is 0 Å². The first-order valence-corrected chi connectivity index (χ1v) is 25.4. The van der Waals surface area contributed by atoms with Crippen molar-refractivity contribution >= 4 is 57.2 Å². The Morgan fingerprint density at radius 2 is 0.971 bits per heavy atom. The lowest BCUT2D eigenvalue weighted by molar-refractivity contribution is 0.333. The van der Waals surface area contributed by atoms with E-state index >= 15 is 0 Å². The van der Waals surface area contributed by atoms with Gasteiger partial charge < -0.3 is 9.80 Å². The molecule has 0 atom stereocenters. The average molecular weight is 891 g/mol. The number of hydrogen-bond donors (Lipinski definition) is 0.